The molecular formula is C48H26N2. The maximum Gasteiger partial charge on any atom is 0.101 e. The highest BCUT2D eigenvalue weighted by atomic mass is 14.3. The molecule has 0 amide bonds. The molecule has 10 aromatic rings. The van der Waals surface area contributed by atoms with Gasteiger partial charge in [0.2, 0.25) is 0 Å². The van der Waals surface area contributed by atoms with Crippen LogP contribution in [0.1, 0.15) is 11.1 Å². The average Bonchev–Trinajstić information content (AvgIpc) is 3.19. The minimum Gasteiger partial charge on any atom is -0.192 e. The molecular weight excluding hydrogens is 605 g/mol. The van der Waals surface area contributed by atoms with Gasteiger partial charge in [0.1, 0.15) is 12.1 Å². The van der Waals surface area contributed by atoms with Crippen LogP contribution in [0.25, 0.3) is 97.7 Å². The van der Waals surface area contributed by atoms with Crippen molar-refractivity contribution in [2.45, 2.75) is 0 Å². The second kappa shape index (κ2) is 10.8. The molecule has 2 nitrogen and oxygen atoms in total. The van der Waals surface area contributed by atoms with Gasteiger partial charge in [-0.25, -0.2) is 0 Å². The summed E-state index contributed by atoms with van der Waals surface area (Å²) < 4.78 is 0. The smallest absolute Gasteiger partial charge is 0.101 e. The third kappa shape index (κ3) is 3.94. The van der Waals surface area contributed by atoms with Crippen LogP contribution >= 0.6 is 0 Å². The van der Waals surface area contributed by atoms with Gasteiger partial charge in [0.05, 0.1) is 11.1 Å². The minimum atomic E-state index is 0.385. The quantitative estimate of drug-likeness (QED) is 0.178. The predicted molar refractivity (Wildman–Crippen MR) is 209 cm³/mol. The molecule has 0 spiro atoms. The Bertz CT molecular complexity index is 2950. The monoisotopic (exact) mass is 630 g/mol. The van der Waals surface area contributed by atoms with Crippen molar-refractivity contribution in [3.8, 4) is 34.4 Å². The van der Waals surface area contributed by atoms with E-state index in [0.29, 0.717) is 11.1 Å². The fourth-order valence-corrected chi connectivity index (χ4v) is 8.31. The molecule has 0 saturated carbocycles. The van der Waals surface area contributed by atoms with Gasteiger partial charge < -0.3 is 0 Å². The van der Waals surface area contributed by atoms with Crippen molar-refractivity contribution < 1.29 is 0 Å². The Morgan fingerprint density at radius 2 is 0.640 bits per heavy atom. The zero-order chi connectivity index (χ0) is 33.3. The molecule has 0 N–H and O–H groups in total. The molecule has 0 heterocycles. The summed E-state index contributed by atoms with van der Waals surface area (Å²) in [6.45, 7) is 0. The molecule has 0 bridgehead atoms. The molecule has 10 rings (SSSR count). The Hall–Kier alpha value is -7.00. The summed E-state index contributed by atoms with van der Waals surface area (Å²) in [6, 6.07) is 60.6. The average molecular weight is 631 g/mol. The van der Waals surface area contributed by atoms with Crippen molar-refractivity contribution in [3.63, 3.8) is 0 Å². The lowest BCUT2D eigenvalue weighted by Crippen LogP contribution is -1.94. The van der Waals surface area contributed by atoms with E-state index >= 15 is 0 Å². The van der Waals surface area contributed by atoms with Crippen LogP contribution in [0.3, 0.4) is 0 Å². The summed E-state index contributed by atoms with van der Waals surface area (Å²) in [5.74, 6) is 0. The highest BCUT2D eigenvalue weighted by molar-refractivity contribution is 6.39. The molecule has 0 aromatic heterocycles. The fraction of sp³-hybridized carbons (Fsp3) is 0. The van der Waals surface area contributed by atoms with Crippen LogP contribution in [-0.2, 0) is 0 Å². The van der Waals surface area contributed by atoms with E-state index in [0.717, 1.165) is 54.2 Å². The standard InChI is InChI=1S/C48H26N2/c49-27-31-23-41-42(24-32(31)28-50)46-26-44(36-22-10-14-30-12-2-4-16-34(30)36)38-18-6-8-20-40(38)48(46)47-39-19-7-5-17-37(39)43(25-45(41)47)35-21-9-13-29-11-1-3-15-33(29)35/h1-26H. The third-order valence-corrected chi connectivity index (χ3v) is 10.5. The maximum absolute atomic E-state index is 10.3. The summed E-state index contributed by atoms with van der Waals surface area (Å²) in [5.41, 5.74) is 5.39. The van der Waals surface area contributed by atoms with E-state index in [1.807, 2.05) is 12.1 Å². The zero-order valence-electron chi connectivity index (χ0n) is 26.9. The van der Waals surface area contributed by atoms with E-state index < -0.39 is 0 Å². The van der Waals surface area contributed by atoms with Crippen molar-refractivity contribution in [2.75, 3.05) is 0 Å². The molecule has 10 aromatic carbocycles. The Morgan fingerprint density at radius 3 is 1.06 bits per heavy atom. The van der Waals surface area contributed by atoms with Gasteiger partial charge in [-0.05, 0) is 122 Å². The number of benzene rings is 10. The second-order valence-corrected chi connectivity index (χ2v) is 13.0. The predicted octanol–water partition coefficient (Wildman–Crippen LogP) is 12.8. The molecule has 2 heteroatoms. The van der Waals surface area contributed by atoms with Gasteiger partial charge in [0, 0.05) is 0 Å². The number of hydrogen-bond acceptors (Lipinski definition) is 2. The second-order valence-electron chi connectivity index (χ2n) is 13.0. The number of rotatable bonds is 2. The van der Waals surface area contributed by atoms with E-state index in [1.54, 1.807) is 0 Å². The largest absolute Gasteiger partial charge is 0.192 e. The van der Waals surface area contributed by atoms with E-state index in [2.05, 4.69) is 158 Å². The summed E-state index contributed by atoms with van der Waals surface area (Å²) in [6.07, 6.45) is 0. The van der Waals surface area contributed by atoms with Crippen LogP contribution in [0.4, 0.5) is 0 Å². The SMILES string of the molecule is N#Cc1cc2c(cc1C#N)c1cc(-c3cccc4ccccc34)c3ccccc3c1c1c3ccccc3c(-c3cccc4ccccc34)cc21. The number of nitrogens with zero attached hydrogens (tertiary/aromatic N) is 2. The van der Waals surface area contributed by atoms with E-state index in [9.17, 15) is 10.5 Å². The van der Waals surface area contributed by atoms with Gasteiger partial charge in [-0.2, -0.15) is 10.5 Å². The lowest BCUT2D eigenvalue weighted by Gasteiger charge is -2.20. The molecule has 0 fully saturated rings. The highest BCUT2D eigenvalue weighted by Gasteiger charge is 2.21. The molecule has 0 atom stereocenters. The third-order valence-electron chi connectivity index (χ3n) is 10.5. The van der Waals surface area contributed by atoms with Gasteiger partial charge in [0.15, 0.2) is 0 Å². The molecule has 0 unspecified atom stereocenters. The minimum absolute atomic E-state index is 0.385. The molecule has 0 aliphatic heterocycles. The number of fused-ring (bicyclic) bond motifs is 12. The van der Waals surface area contributed by atoms with E-state index in [4.69, 9.17) is 0 Å². The molecule has 0 radical (unpaired) electrons. The Kier molecular flexibility index (Phi) is 6.04. The van der Waals surface area contributed by atoms with Gasteiger partial charge in [-0.1, -0.05) is 133 Å². The summed E-state index contributed by atoms with van der Waals surface area (Å²) in [5, 5.41) is 36.3. The van der Waals surface area contributed by atoms with Crippen molar-refractivity contribution >= 4 is 75.4 Å². The maximum atomic E-state index is 10.3. The Labute approximate surface area is 288 Å². The van der Waals surface area contributed by atoms with Gasteiger partial charge in [-0.3, -0.25) is 0 Å². The van der Waals surface area contributed by atoms with Crippen LogP contribution in [0.5, 0.6) is 0 Å². The lowest BCUT2D eigenvalue weighted by molar-refractivity contribution is 1.45. The first-order valence-corrected chi connectivity index (χ1v) is 16.8. The van der Waals surface area contributed by atoms with Crippen LogP contribution in [-0.4, -0.2) is 0 Å². The molecule has 50 heavy (non-hydrogen) atoms. The molecule has 0 saturated heterocycles. The normalized spacial score (nSPS) is 11.6. The molecule has 0 aliphatic rings. The molecule has 228 valence electrons. The summed E-state index contributed by atoms with van der Waals surface area (Å²) in [7, 11) is 0. The van der Waals surface area contributed by atoms with E-state index in [1.165, 1.54) is 43.4 Å². The Morgan fingerprint density at radius 1 is 0.280 bits per heavy atom. The Balaban J connectivity index is 1.48. The highest BCUT2D eigenvalue weighted by Crippen LogP contribution is 2.48. The number of hydrogen-bond donors (Lipinski definition) is 0. The summed E-state index contributed by atoms with van der Waals surface area (Å²) in [4.78, 5) is 0. The van der Waals surface area contributed by atoms with Crippen molar-refractivity contribution in [2.24, 2.45) is 0 Å². The van der Waals surface area contributed by atoms with Crippen molar-refractivity contribution in [3.05, 3.63) is 169 Å². The first-order chi connectivity index (χ1) is 24.7. The van der Waals surface area contributed by atoms with Gasteiger partial charge in [-0.15, -0.1) is 0 Å². The van der Waals surface area contributed by atoms with Crippen LogP contribution in [0, 0.1) is 22.7 Å². The van der Waals surface area contributed by atoms with Crippen LogP contribution < -0.4 is 0 Å². The first-order valence-electron chi connectivity index (χ1n) is 16.8. The zero-order valence-corrected chi connectivity index (χ0v) is 26.9. The number of nitriles is 2. The van der Waals surface area contributed by atoms with Gasteiger partial charge >= 0.3 is 0 Å². The lowest BCUT2D eigenvalue weighted by atomic mass is 9.82. The van der Waals surface area contributed by atoms with Crippen LogP contribution in [0.15, 0.2) is 158 Å². The van der Waals surface area contributed by atoms with Crippen LogP contribution in [0.2, 0.25) is 0 Å². The van der Waals surface area contributed by atoms with Crippen molar-refractivity contribution in [1.82, 2.24) is 0 Å². The van der Waals surface area contributed by atoms with Gasteiger partial charge in [0.25, 0.3) is 0 Å². The first kappa shape index (κ1) is 28.1. The topological polar surface area (TPSA) is 47.6 Å². The fourth-order valence-electron chi connectivity index (χ4n) is 8.31. The summed E-state index contributed by atoms with van der Waals surface area (Å²) >= 11 is 0. The van der Waals surface area contributed by atoms with E-state index in [-0.39, 0.29) is 0 Å². The molecule has 0 aliphatic carbocycles. The van der Waals surface area contributed by atoms with Crippen molar-refractivity contribution in [1.29, 1.82) is 10.5 Å².